The topological polar surface area (TPSA) is 62.3 Å². The summed E-state index contributed by atoms with van der Waals surface area (Å²) in [7, 11) is 0. The van der Waals surface area contributed by atoms with Crippen LogP contribution in [-0.2, 0) is 17.8 Å². The molecule has 2 N–H and O–H groups in total. The molecular weight excluding hydrogens is 369 g/mol. The summed E-state index contributed by atoms with van der Waals surface area (Å²) < 4.78 is 14.6. The van der Waals surface area contributed by atoms with Crippen molar-refractivity contribution < 1.29 is 9.23 Å². The lowest BCUT2D eigenvalue weighted by Gasteiger charge is -2.24. The molecule has 0 saturated carbocycles. The van der Waals surface area contributed by atoms with Gasteiger partial charge in [0.1, 0.15) is 0 Å². The molecule has 0 amide bonds. The summed E-state index contributed by atoms with van der Waals surface area (Å²) in [5.74, 6) is -0.0106. The largest absolute Gasteiger partial charge is 0.324 e. The van der Waals surface area contributed by atoms with Crippen molar-refractivity contribution in [3.05, 3.63) is 77.2 Å². The van der Waals surface area contributed by atoms with Crippen LogP contribution < -0.4 is 15.7 Å². The van der Waals surface area contributed by atoms with Gasteiger partial charge in [-0.3, -0.25) is 4.84 Å². The fourth-order valence-electron chi connectivity index (χ4n) is 3.91. The number of aromatic nitrogens is 2. The van der Waals surface area contributed by atoms with Crippen molar-refractivity contribution in [3.63, 3.8) is 0 Å². The van der Waals surface area contributed by atoms with Crippen LogP contribution in [0.5, 0.6) is 0 Å². The standard InChI is InChI=1S/C22H22FN5O/c23-19-14-25-22(26-18-7-6-17-13-24-10-8-16(17)12-18)27-21(19)28-20(9-11-29-28)15-4-2-1-3-5-15/h1-7,12,14,20,24H,8-11,13H2,(H,25,26,27)/t20-/m0/s1. The maximum Gasteiger partial charge on any atom is 0.229 e. The highest BCUT2D eigenvalue weighted by atomic mass is 19.1. The zero-order valence-electron chi connectivity index (χ0n) is 15.9. The van der Waals surface area contributed by atoms with Crippen molar-refractivity contribution in [2.75, 3.05) is 23.5 Å². The molecule has 1 atom stereocenters. The summed E-state index contributed by atoms with van der Waals surface area (Å²) in [5.41, 5.74) is 4.58. The average molecular weight is 391 g/mol. The summed E-state index contributed by atoms with van der Waals surface area (Å²) in [4.78, 5) is 14.3. The summed E-state index contributed by atoms with van der Waals surface area (Å²) in [6, 6.07) is 16.1. The number of halogens is 1. The van der Waals surface area contributed by atoms with Crippen molar-refractivity contribution in [3.8, 4) is 0 Å². The minimum absolute atomic E-state index is 0.0790. The van der Waals surface area contributed by atoms with Crippen molar-refractivity contribution in [1.82, 2.24) is 15.3 Å². The molecule has 0 bridgehead atoms. The predicted molar refractivity (Wildman–Crippen MR) is 109 cm³/mol. The molecule has 1 saturated heterocycles. The molecular formula is C22H22FN5O. The second kappa shape index (κ2) is 7.77. The van der Waals surface area contributed by atoms with Gasteiger partial charge < -0.3 is 10.6 Å². The van der Waals surface area contributed by atoms with E-state index in [9.17, 15) is 4.39 Å². The number of anilines is 3. The van der Waals surface area contributed by atoms with Crippen LogP contribution in [0.15, 0.2) is 54.7 Å². The Morgan fingerprint density at radius 2 is 2.03 bits per heavy atom. The first kappa shape index (κ1) is 18.0. The van der Waals surface area contributed by atoms with E-state index in [1.807, 2.05) is 36.4 Å². The Morgan fingerprint density at radius 1 is 1.14 bits per heavy atom. The molecule has 148 valence electrons. The van der Waals surface area contributed by atoms with Gasteiger partial charge in [0.15, 0.2) is 11.6 Å². The first-order chi connectivity index (χ1) is 14.3. The van der Waals surface area contributed by atoms with Crippen molar-refractivity contribution in [1.29, 1.82) is 0 Å². The molecule has 3 heterocycles. The summed E-state index contributed by atoms with van der Waals surface area (Å²) >= 11 is 0. The second-order valence-corrected chi connectivity index (χ2v) is 7.27. The number of nitrogens with one attached hydrogen (secondary N) is 2. The molecule has 0 unspecified atom stereocenters. The number of hydroxylamine groups is 1. The zero-order chi connectivity index (χ0) is 19.6. The number of nitrogens with zero attached hydrogens (tertiary/aromatic N) is 3. The van der Waals surface area contributed by atoms with Crippen LogP contribution in [0.4, 0.5) is 21.8 Å². The Balaban J connectivity index is 1.42. The van der Waals surface area contributed by atoms with E-state index in [4.69, 9.17) is 4.84 Å². The molecule has 2 aliphatic rings. The SMILES string of the molecule is Fc1cnc(Nc2ccc3c(c2)CCNC3)nc1N1OCC[C@H]1c1ccccc1. The lowest BCUT2D eigenvalue weighted by molar-refractivity contribution is 0.154. The quantitative estimate of drug-likeness (QED) is 0.704. The Kier molecular flexibility index (Phi) is 4.83. The fourth-order valence-corrected chi connectivity index (χ4v) is 3.91. The Bertz CT molecular complexity index is 1010. The van der Waals surface area contributed by atoms with Crippen LogP contribution >= 0.6 is 0 Å². The molecule has 7 heteroatoms. The molecule has 2 aromatic carbocycles. The molecule has 29 heavy (non-hydrogen) atoms. The zero-order valence-corrected chi connectivity index (χ0v) is 15.9. The normalized spacial score (nSPS) is 18.5. The van der Waals surface area contributed by atoms with E-state index in [-0.39, 0.29) is 11.9 Å². The summed E-state index contributed by atoms with van der Waals surface area (Å²) in [6.07, 6.45) is 2.95. The third kappa shape index (κ3) is 3.66. The van der Waals surface area contributed by atoms with Crippen LogP contribution in [0.2, 0.25) is 0 Å². The number of fused-ring (bicyclic) bond motifs is 1. The molecule has 3 aromatic rings. The third-order valence-electron chi connectivity index (χ3n) is 5.37. The van der Waals surface area contributed by atoms with Gasteiger partial charge in [-0.05, 0) is 41.8 Å². The lowest BCUT2D eigenvalue weighted by atomic mass is 10.0. The molecule has 6 nitrogen and oxygen atoms in total. The van der Waals surface area contributed by atoms with Crippen molar-refractivity contribution in [2.45, 2.75) is 25.4 Å². The van der Waals surface area contributed by atoms with Gasteiger partial charge in [0, 0.05) is 18.7 Å². The average Bonchev–Trinajstić information content (AvgIpc) is 3.25. The minimum Gasteiger partial charge on any atom is -0.324 e. The maximum atomic E-state index is 14.6. The molecule has 2 aliphatic heterocycles. The van der Waals surface area contributed by atoms with Crippen LogP contribution in [0.1, 0.15) is 29.2 Å². The van der Waals surface area contributed by atoms with Crippen molar-refractivity contribution in [2.24, 2.45) is 0 Å². The summed E-state index contributed by atoms with van der Waals surface area (Å²) in [6.45, 7) is 2.38. The first-order valence-corrected chi connectivity index (χ1v) is 9.87. The molecule has 1 fully saturated rings. The highest BCUT2D eigenvalue weighted by Crippen LogP contribution is 2.35. The van der Waals surface area contributed by atoms with Crippen LogP contribution in [-0.4, -0.2) is 23.1 Å². The Morgan fingerprint density at radius 3 is 2.93 bits per heavy atom. The van der Waals surface area contributed by atoms with E-state index in [1.54, 1.807) is 5.06 Å². The Hall–Kier alpha value is -3.03. The monoisotopic (exact) mass is 391 g/mol. The number of benzene rings is 2. The smallest absolute Gasteiger partial charge is 0.229 e. The van der Waals surface area contributed by atoms with E-state index in [1.165, 1.54) is 17.3 Å². The second-order valence-electron chi connectivity index (χ2n) is 7.27. The van der Waals surface area contributed by atoms with E-state index >= 15 is 0 Å². The molecule has 0 aliphatic carbocycles. The van der Waals surface area contributed by atoms with Gasteiger partial charge in [-0.15, -0.1) is 0 Å². The highest BCUT2D eigenvalue weighted by molar-refractivity contribution is 5.58. The van der Waals surface area contributed by atoms with E-state index in [2.05, 4.69) is 32.7 Å². The van der Waals surface area contributed by atoms with E-state index in [0.717, 1.165) is 37.2 Å². The van der Waals surface area contributed by atoms with E-state index in [0.29, 0.717) is 12.6 Å². The predicted octanol–water partition coefficient (Wildman–Crippen LogP) is 3.89. The molecule has 5 rings (SSSR count). The number of hydrogen-bond acceptors (Lipinski definition) is 6. The van der Waals surface area contributed by atoms with E-state index < -0.39 is 5.82 Å². The maximum absolute atomic E-state index is 14.6. The minimum atomic E-state index is -0.505. The molecule has 0 spiro atoms. The van der Waals surface area contributed by atoms with Crippen LogP contribution in [0.3, 0.4) is 0 Å². The number of hydrogen-bond donors (Lipinski definition) is 2. The van der Waals surface area contributed by atoms with Gasteiger partial charge in [-0.1, -0.05) is 36.4 Å². The van der Waals surface area contributed by atoms with Gasteiger partial charge in [0.2, 0.25) is 5.95 Å². The third-order valence-corrected chi connectivity index (χ3v) is 5.37. The van der Waals surface area contributed by atoms with Gasteiger partial charge >= 0.3 is 0 Å². The van der Waals surface area contributed by atoms with Crippen LogP contribution in [0.25, 0.3) is 0 Å². The van der Waals surface area contributed by atoms with Gasteiger partial charge in [-0.25, -0.2) is 14.4 Å². The van der Waals surface area contributed by atoms with Gasteiger partial charge in [0.25, 0.3) is 0 Å². The molecule has 1 aromatic heterocycles. The number of rotatable bonds is 4. The molecule has 0 radical (unpaired) electrons. The fraction of sp³-hybridized carbons (Fsp3) is 0.273. The Labute approximate surface area is 168 Å². The lowest BCUT2D eigenvalue weighted by Crippen LogP contribution is -2.24. The highest BCUT2D eigenvalue weighted by Gasteiger charge is 2.31. The van der Waals surface area contributed by atoms with Gasteiger partial charge in [-0.2, -0.15) is 4.98 Å². The van der Waals surface area contributed by atoms with Gasteiger partial charge in [0.05, 0.1) is 18.8 Å². The first-order valence-electron chi connectivity index (χ1n) is 9.87. The summed E-state index contributed by atoms with van der Waals surface area (Å²) in [5, 5.41) is 8.14. The van der Waals surface area contributed by atoms with Crippen molar-refractivity contribution >= 4 is 17.5 Å². The van der Waals surface area contributed by atoms with Crippen LogP contribution in [0, 0.1) is 5.82 Å².